The lowest BCUT2D eigenvalue weighted by atomic mass is 9.97. The van der Waals surface area contributed by atoms with Gasteiger partial charge in [-0.2, -0.15) is 0 Å². The van der Waals surface area contributed by atoms with Crippen molar-refractivity contribution >= 4 is 0 Å². The lowest BCUT2D eigenvalue weighted by Gasteiger charge is -2.48. The number of likely N-dealkylation sites (tertiary alicyclic amines) is 1. The topological polar surface area (TPSA) is 59.4 Å². The summed E-state index contributed by atoms with van der Waals surface area (Å²) < 4.78 is 5.24. The monoisotopic (exact) mass is 391 g/mol. The standard InChI is InChI=1S/C22H37N3O3/c1-17(2)24-10-7-19(8-11-24)25-13-12-23(16-20(25)9-14-26)15-18-5-4-6-21(28-3)22(18)27/h4-6,17,19-20,26-27H,7-16H2,1-3H3/t20-/m1/s1. The van der Waals surface area contributed by atoms with E-state index in [0.29, 0.717) is 30.4 Å². The van der Waals surface area contributed by atoms with Crippen molar-refractivity contribution in [3.63, 3.8) is 0 Å². The number of nitrogens with zero attached hydrogens (tertiary/aromatic N) is 3. The van der Waals surface area contributed by atoms with E-state index in [-0.39, 0.29) is 12.4 Å². The maximum atomic E-state index is 10.4. The number of phenols is 1. The fourth-order valence-corrected chi connectivity index (χ4v) is 4.80. The number of aromatic hydroxyl groups is 1. The van der Waals surface area contributed by atoms with Gasteiger partial charge in [-0.3, -0.25) is 9.80 Å². The summed E-state index contributed by atoms with van der Waals surface area (Å²) in [6.45, 7) is 10.8. The lowest BCUT2D eigenvalue weighted by molar-refractivity contribution is -0.000212. The summed E-state index contributed by atoms with van der Waals surface area (Å²) in [6.07, 6.45) is 3.25. The van der Waals surface area contributed by atoms with Gasteiger partial charge >= 0.3 is 0 Å². The van der Waals surface area contributed by atoms with Crippen molar-refractivity contribution in [1.82, 2.24) is 14.7 Å². The highest BCUT2D eigenvalue weighted by molar-refractivity contribution is 5.45. The second-order valence-electron chi connectivity index (χ2n) is 8.47. The van der Waals surface area contributed by atoms with E-state index in [1.807, 2.05) is 12.1 Å². The van der Waals surface area contributed by atoms with E-state index in [0.717, 1.165) is 31.6 Å². The van der Waals surface area contributed by atoms with Crippen LogP contribution in [0.5, 0.6) is 11.5 Å². The molecule has 2 fully saturated rings. The first-order valence-corrected chi connectivity index (χ1v) is 10.7. The molecule has 6 nitrogen and oxygen atoms in total. The molecule has 2 aliphatic rings. The van der Waals surface area contributed by atoms with E-state index in [2.05, 4.69) is 28.5 Å². The van der Waals surface area contributed by atoms with Gasteiger partial charge in [-0.15, -0.1) is 0 Å². The largest absolute Gasteiger partial charge is 0.504 e. The van der Waals surface area contributed by atoms with E-state index in [1.165, 1.54) is 25.9 Å². The second kappa shape index (κ2) is 9.92. The molecule has 1 aromatic rings. The summed E-state index contributed by atoms with van der Waals surface area (Å²) >= 11 is 0. The van der Waals surface area contributed by atoms with Crippen molar-refractivity contribution < 1.29 is 14.9 Å². The molecule has 0 amide bonds. The van der Waals surface area contributed by atoms with Crippen LogP contribution in [0, 0.1) is 0 Å². The zero-order valence-corrected chi connectivity index (χ0v) is 17.7. The Labute approximate surface area is 169 Å². The molecule has 1 atom stereocenters. The molecular formula is C22H37N3O3. The molecule has 158 valence electrons. The van der Waals surface area contributed by atoms with Crippen LogP contribution in [0.25, 0.3) is 0 Å². The van der Waals surface area contributed by atoms with Gasteiger partial charge in [-0.05, 0) is 52.3 Å². The van der Waals surface area contributed by atoms with Gasteiger partial charge in [-0.25, -0.2) is 0 Å². The predicted molar refractivity (Wildman–Crippen MR) is 112 cm³/mol. The maximum absolute atomic E-state index is 10.4. The van der Waals surface area contributed by atoms with Crippen LogP contribution in [-0.2, 0) is 6.54 Å². The maximum Gasteiger partial charge on any atom is 0.162 e. The number of piperazine rings is 1. The van der Waals surface area contributed by atoms with Gasteiger partial charge in [-0.1, -0.05) is 12.1 Å². The smallest absolute Gasteiger partial charge is 0.162 e. The van der Waals surface area contributed by atoms with Crippen LogP contribution in [0.2, 0.25) is 0 Å². The van der Waals surface area contributed by atoms with Crippen molar-refractivity contribution in [2.75, 3.05) is 46.4 Å². The minimum absolute atomic E-state index is 0.226. The molecule has 2 saturated heterocycles. The molecule has 2 N–H and O–H groups in total. The van der Waals surface area contributed by atoms with Crippen LogP contribution < -0.4 is 4.74 Å². The minimum Gasteiger partial charge on any atom is -0.504 e. The zero-order chi connectivity index (χ0) is 20.1. The van der Waals surface area contributed by atoms with Crippen molar-refractivity contribution in [3.05, 3.63) is 23.8 Å². The normalized spacial score (nSPS) is 23.4. The SMILES string of the molecule is COc1cccc(CN2CCN(C3CCN(C(C)C)CC3)[C@H](CCO)C2)c1O. The number of piperidine rings is 1. The second-order valence-corrected chi connectivity index (χ2v) is 8.47. The lowest BCUT2D eigenvalue weighted by Crippen LogP contribution is -2.58. The molecule has 0 aliphatic carbocycles. The average molecular weight is 392 g/mol. The minimum atomic E-state index is 0.226. The summed E-state index contributed by atoms with van der Waals surface area (Å²) in [5.74, 6) is 0.771. The van der Waals surface area contributed by atoms with Crippen LogP contribution in [0.1, 0.15) is 38.7 Å². The molecule has 0 saturated carbocycles. The van der Waals surface area contributed by atoms with Gasteiger partial charge in [0.15, 0.2) is 11.5 Å². The van der Waals surface area contributed by atoms with Crippen LogP contribution in [0.4, 0.5) is 0 Å². The first kappa shape index (κ1) is 21.4. The zero-order valence-electron chi connectivity index (χ0n) is 17.7. The summed E-state index contributed by atoms with van der Waals surface area (Å²) in [6, 6.07) is 7.31. The Kier molecular flexibility index (Phi) is 7.57. The number of phenolic OH excluding ortho intramolecular Hbond substituents is 1. The Morgan fingerprint density at radius 2 is 1.89 bits per heavy atom. The van der Waals surface area contributed by atoms with E-state index in [9.17, 15) is 10.2 Å². The molecule has 0 spiro atoms. The first-order chi connectivity index (χ1) is 13.5. The van der Waals surface area contributed by atoms with Crippen molar-refractivity contribution in [2.45, 2.75) is 57.8 Å². The molecule has 2 heterocycles. The van der Waals surface area contributed by atoms with Gasteiger partial charge in [0.25, 0.3) is 0 Å². The van der Waals surface area contributed by atoms with Crippen LogP contribution in [0.3, 0.4) is 0 Å². The first-order valence-electron chi connectivity index (χ1n) is 10.7. The van der Waals surface area contributed by atoms with Crippen molar-refractivity contribution in [2.24, 2.45) is 0 Å². The highest BCUT2D eigenvalue weighted by Crippen LogP contribution is 2.31. The van der Waals surface area contributed by atoms with E-state index in [1.54, 1.807) is 13.2 Å². The fraction of sp³-hybridized carbons (Fsp3) is 0.727. The average Bonchev–Trinajstić information content (AvgIpc) is 2.70. The molecule has 28 heavy (non-hydrogen) atoms. The van der Waals surface area contributed by atoms with Crippen LogP contribution >= 0.6 is 0 Å². The Morgan fingerprint density at radius 3 is 2.54 bits per heavy atom. The van der Waals surface area contributed by atoms with Gasteiger partial charge in [0, 0.05) is 56.5 Å². The predicted octanol–water partition coefficient (Wildman–Crippen LogP) is 2.14. The third-order valence-corrected chi connectivity index (χ3v) is 6.47. The molecule has 0 bridgehead atoms. The van der Waals surface area contributed by atoms with E-state index < -0.39 is 0 Å². The summed E-state index contributed by atoms with van der Waals surface area (Å²) in [7, 11) is 1.58. The molecule has 0 radical (unpaired) electrons. The number of hydrogen-bond donors (Lipinski definition) is 2. The highest BCUT2D eigenvalue weighted by Gasteiger charge is 2.34. The number of ether oxygens (including phenoxy) is 1. The van der Waals surface area contributed by atoms with Crippen molar-refractivity contribution in [3.8, 4) is 11.5 Å². The highest BCUT2D eigenvalue weighted by atomic mass is 16.5. The van der Waals surface area contributed by atoms with E-state index >= 15 is 0 Å². The molecule has 0 unspecified atom stereocenters. The Bertz CT molecular complexity index is 617. The number of rotatable bonds is 7. The molecular weight excluding hydrogens is 354 g/mol. The van der Waals surface area contributed by atoms with Gasteiger partial charge in [0.2, 0.25) is 0 Å². The third kappa shape index (κ3) is 4.98. The summed E-state index contributed by atoms with van der Waals surface area (Å²) in [4.78, 5) is 7.61. The number of benzene rings is 1. The van der Waals surface area contributed by atoms with Crippen LogP contribution in [-0.4, -0.2) is 89.5 Å². The quantitative estimate of drug-likeness (QED) is 0.743. The van der Waals surface area contributed by atoms with Crippen molar-refractivity contribution in [1.29, 1.82) is 0 Å². The van der Waals surface area contributed by atoms with E-state index in [4.69, 9.17) is 4.74 Å². The fourth-order valence-electron chi connectivity index (χ4n) is 4.80. The Balaban J connectivity index is 1.61. The number of hydrogen-bond acceptors (Lipinski definition) is 6. The van der Waals surface area contributed by atoms with Gasteiger partial charge < -0.3 is 19.8 Å². The number of aliphatic hydroxyl groups excluding tert-OH is 1. The molecule has 1 aromatic carbocycles. The molecule has 0 aromatic heterocycles. The third-order valence-electron chi connectivity index (χ3n) is 6.47. The Hall–Kier alpha value is -1.34. The Morgan fingerprint density at radius 1 is 1.14 bits per heavy atom. The molecule has 2 aliphatic heterocycles. The molecule has 6 heteroatoms. The molecule has 3 rings (SSSR count). The van der Waals surface area contributed by atoms with Gasteiger partial charge in [0.05, 0.1) is 7.11 Å². The number of aliphatic hydroxyl groups is 1. The number of methoxy groups -OCH3 is 1. The van der Waals surface area contributed by atoms with Gasteiger partial charge in [0.1, 0.15) is 0 Å². The number of para-hydroxylation sites is 1. The summed E-state index contributed by atoms with van der Waals surface area (Å²) in [5.41, 5.74) is 0.904. The van der Waals surface area contributed by atoms with Crippen LogP contribution in [0.15, 0.2) is 18.2 Å². The summed E-state index contributed by atoms with van der Waals surface area (Å²) in [5, 5.41) is 20.0.